The zero-order valence-electron chi connectivity index (χ0n) is 13.7. The van der Waals surface area contributed by atoms with E-state index in [1.807, 2.05) is 18.2 Å². The van der Waals surface area contributed by atoms with Crippen molar-refractivity contribution in [3.63, 3.8) is 0 Å². The zero-order chi connectivity index (χ0) is 17.5. The summed E-state index contributed by atoms with van der Waals surface area (Å²) in [5, 5.41) is 5.25. The molecule has 0 N–H and O–H groups in total. The summed E-state index contributed by atoms with van der Waals surface area (Å²) < 4.78 is 10.8. The highest BCUT2D eigenvalue weighted by Gasteiger charge is 2.17. The van der Waals surface area contributed by atoms with Crippen LogP contribution in [-0.2, 0) is 5.75 Å². The van der Waals surface area contributed by atoms with E-state index in [0.717, 1.165) is 27.2 Å². The number of para-hydroxylation sites is 1. The largest absolute Gasteiger partial charge is 0.454 e. The van der Waals surface area contributed by atoms with Crippen LogP contribution in [0, 0.1) is 0 Å². The third kappa shape index (κ3) is 2.66. The van der Waals surface area contributed by atoms with Gasteiger partial charge in [0, 0.05) is 27.6 Å². The van der Waals surface area contributed by atoms with Crippen LogP contribution in [0.3, 0.4) is 0 Å². The number of aromatic nitrogens is 1. The summed E-state index contributed by atoms with van der Waals surface area (Å²) in [7, 11) is 0. The maximum absolute atomic E-state index is 6.42. The van der Waals surface area contributed by atoms with Gasteiger partial charge in [0.15, 0.2) is 11.5 Å². The average Bonchev–Trinajstić information content (AvgIpc) is 3.13. The van der Waals surface area contributed by atoms with E-state index >= 15 is 0 Å². The van der Waals surface area contributed by atoms with Crippen molar-refractivity contribution in [2.75, 3.05) is 6.79 Å². The summed E-state index contributed by atoms with van der Waals surface area (Å²) in [6.07, 6.45) is 0. The number of ether oxygens (including phenoxy) is 2. The van der Waals surface area contributed by atoms with Gasteiger partial charge in [-0.15, -0.1) is 11.8 Å². The maximum atomic E-state index is 6.42. The Morgan fingerprint density at radius 3 is 2.42 bits per heavy atom. The van der Waals surface area contributed by atoms with E-state index in [0.29, 0.717) is 16.5 Å². The number of hydrogen-bond donors (Lipinski definition) is 0. The number of pyridine rings is 1. The highest BCUT2D eigenvalue weighted by molar-refractivity contribution is 7.98. The minimum absolute atomic E-state index is 0.249. The molecule has 5 heteroatoms. The van der Waals surface area contributed by atoms with Gasteiger partial charge in [0.1, 0.15) is 5.03 Å². The van der Waals surface area contributed by atoms with Crippen molar-refractivity contribution in [1.82, 2.24) is 4.98 Å². The monoisotopic (exact) mass is 379 g/mol. The molecule has 0 aliphatic carbocycles. The lowest BCUT2D eigenvalue weighted by Crippen LogP contribution is -1.92. The van der Waals surface area contributed by atoms with E-state index < -0.39 is 0 Å². The van der Waals surface area contributed by atoms with E-state index in [2.05, 4.69) is 42.5 Å². The van der Waals surface area contributed by atoms with Gasteiger partial charge in [-0.2, -0.15) is 0 Å². The summed E-state index contributed by atoms with van der Waals surface area (Å²) in [6, 6.07) is 20.4. The van der Waals surface area contributed by atoms with Crippen LogP contribution >= 0.6 is 23.4 Å². The molecule has 3 nitrogen and oxygen atoms in total. The van der Waals surface area contributed by atoms with Crippen LogP contribution in [0.25, 0.3) is 21.7 Å². The van der Waals surface area contributed by atoms with Gasteiger partial charge < -0.3 is 9.47 Å². The van der Waals surface area contributed by atoms with Crippen molar-refractivity contribution < 1.29 is 9.47 Å². The molecule has 0 spiro atoms. The molecular weight excluding hydrogens is 366 g/mol. The normalized spacial score (nSPS) is 12.8. The fraction of sp³-hybridized carbons (Fsp3) is 0.0952. The fourth-order valence-corrected chi connectivity index (χ4v) is 4.53. The highest BCUT2D eigenvalue weighted by Crippen LogP contribution is 2.40. The van der Waals surface area contributed by atoms with Gasteiger partial charge in [-0.3, -0.25) is 0 Å². The summed E-state index contributed by atoms with van der Waals surface area (Å²) in [4.78, 5) is 4.88. The molecule has 0 atom stereocenters. The molecule has 0 saturated heterocycles. The summed E-state index contributed by atoms with van der Waals surface area (Å²) >= 11 is 8.10. The predicted octanol–water partition coefficient (Wildman–Crippen LogP) is 6.06. The van der Waals surface area contributed by atoms with E-state index in [1.165, 1.54) is 10.8 Å². The smallest absolute Gasteiger partial charge is 0.231 e. The van der Waals surface area contributed by atoms with Gasteiger partial charge in [0.05, 0.1) is 5.52 Å². The molecule has 5 rings (SSSR count). The molecule has 4 aromatic rings. The molecule has 1 aromatic heterocycles. The number of thioether (sulfide) groups is 1. The quantitative estimate of drug-likeness (QED) is 0.319. The molecule has 1 aliphatic rings. The Balaban J connectivity index is 1.55. The molecule has 0 radical (unpaired) electrons. The molecule has 0 bridgehead atoms. The van der Waals surface area contributed by atoms with Crippen LogP contribution in [-0.4, -0.2) is 11.8 Å². The first-order valence-corrected chi connectivity index (χ1v) is 9.64. The number of hydrogen-bond acceptors (Lipinski definition) is 4. The zero-order valence-corrected chi connectivity index (χ0v) is 15.3. The number of nitrogens with zero attached hydrogens (tertiary/aromatic N) is 1. The summed E-state index contributed by atoms with van der Waals surface area (Å²) in [5.41, 5.74) is 2.02. The second-order valence-corrected chi connectivity index (χ2v) is 7.44. The van der Waals surface area contributed by atoms with E-state index in [1.54, 1.807) is 11.8 Å². The molecular formula is C21H14ClNO2S. The Morgan fingerprint density at radius 2 is 1.58 bits per heavy atom. The minimum atomic E-state index is 0.249. The van der Waals surface area contributed by atoms with Gasteiger partial charge in [-0.05, 0) is 23.1 Å². The molecule has 0 amide bonds. The van der Waals surface area contributed by atoms with Crippen molar-refractivity contribution in [2.45, 2.75) is 10.8 Å². The average molecular weight is 380 g/mol. The lowest BCUT2D eigenvalue weighted by atomic mass is 10.1. The first-order chi connectivity index (χ1) is 12.8. The lowest BCUT2D eigenvalue weighted by Gasteiger charge is -2.10. The van der Waals surface area contributed by atoms with Crippen molar-refractivity contribution in [3.8, 4) is 11.5 Å². The van der Waals surface area contributed by atoms with Crippen LogP contribution < -0.4 is 9.47 Å². The van der Waals surface area contributed by atoms with Crippen LogP contribution in [0.1, 0.15) is 5.56 Å². The number of halogens is 1. The van der Waals surface area contributed by atoms with Gasteiger partial charge >= 0.3 is 0 Å². The van der Waals surface area contributed by atoms with Crippen LogP contribution in [0.5, 0.6) is 11.5 Å². The van der Waals surface area contributed by atoms with Crippen molar-refractivity contribution in [3.05, 3.63) is 71.2 Å². The Morgan fingerprint density at radius 1 is 0.885 bits per heavy atom. The van der Waals surface area contributed by atoms with E-state index in [4.69, 9.17) is 26.1 Å². The first-order valence-electron chi connectivity index (χ1n) is 8.28. The number of rotatable bonds is 3. The summed E-state index contributed by atoms with van der Waals surface area (Å²) in [6.45, 7) is 0.249. The van der Waals surface area contributed by atoms with Crippen molar-refractivity contribution in [1.29, 1.82) is 0 Å². The van der Waals surface area contributed by atoms with Crippen molar-refractivity contribution in [2.24, 2.45) is 0 Å². The highest BCUT2D eigenvalue weighted by atomic mass is 35.5. The van der Waals surface area contributed by atoms with Crippen LogP contribution in [0.2, 0.25) is 5.02 Å². The van der Waals surface area contributed by atoms with Crippen molar-refractivity contribution >= 4 is 45.0 Å². The standard InChI is InChI=1S/C21H14ClNO2S/c22-17-10-20-19(24-12-25-20)9-13(17)11-26-21-16-7-2-1-5-14(16)15-6-3-4-8-18(15)23-21/h1-10H,11-12H2. The van der Waals surface area contributed by atoms with E-state index in [9.17, 15) is 0 Å². The van der Waals surface area contributed by atoms with E-state index in [-0.39, 0.29) is 6.79 Å². The molecule has 0 fully saturated rings. The Hall–Kier alpha value is -2.43. The third-order valence-electron chi connectivity index (χ3n) is 4.48. The number of fused-ring (bicyclic) bond motifs is 4. The third-order valence-corrected chi connectivity index (χ3v) is 5.87. The molecule has 2 heterocycles. The van der Waals surface area contributed by atoms with Crippen LogP contribution in [0.15, 0.2) is 65.7 Å². The molecule has 0 saturated carbocycles. The topological polar surface area (TPSA) is 31.4 Å². The van der Waals surface area contributed by atoms with Gasteiger partial charge in [-0.25, -0.2) is 4.98 Å². The fourth-order valence-electron chi connectivity index (χ4n) is 3.20. The molecule has 3 aromatic carbocycles. The van der Waals surface area contributed by atoms with Crippen LogP contribution in [0.4, 0.5) is 0 Å². The molecule has 26 heavy (non-hydrogen) atoms. The SMILES string of the molecule is Clc1cc2c(cc1CSc1nc3ccccc3c3ccccc13)OCO2. The second kappa shape index (κ2) is 6.38. The summed E-state index contributed by atoms with van der Waals surface area (Å²) in [5.74, 6) is 2.17. The first kappa shape index (κ1) is 15.8. The lowest BCUT2D eigenvalue weighted by molar-refractivity contribution is 0.174. The second-order valence-electron chi connectivity index (χ2n) is 6.07. The molecule has 128 valence electrons. The predicted molar refractivity (Wildman–Crippen MR) is 106 cm³/mol. The molecule has 1 aliphatic heterocycles. The van der Waals surface area contributed by atoms with Gasteiger partial charge in [-0.1, -0.05) is 54.1 Å². The Bertz CT molecular complexity index is 1150. The maximum Gasteiger partial charge on any atom is 0.231 e. The Kier molecular flexibility index (Phi) is 3.88. The van der Waals surface area contributed by atoms with Gasteiger partial charge in [0.2, 0.25) is 6.79 Å². The van der Waals surface area contributed by atoms with Gasteiger partial charge in [0.25, 0.3) is 0 Å². The minimum Gasteiger partial charge on any atom is -0.454 e. The molecule has 0 unspecified atom stereocenters. The Labute approximate surface area is 159 Å². The number of benzene rings is 3.